The van der Waals surface area contributed by atoms with Crippen molar-refractivity contribution in [2.24, 2.45) is 0 Å². The van der Waals surface area contributed by atoms with Gasteiger partial charge in [-0.3, -0.25) is 9.59 Å². The molecule has 2 atom stereocenters. The molecule has 0 aliphatic heterocycles. The van der Waals surface area contributed by atoms with Gasteiger partial charge in [0.25, 0.3) is 0 Å². The van der Waals surface area contributed by atoms with Crippen molar-refractivity contribution < 1.29 is 24.2 Å². The highest BCUT2D eigenvalue weighted by Gasteiger charge is 2.24. The van der Waals surface area contributed by atoms with Crippen LogP contribution in [0.25, 0.3) is 0 Å². The van der Waals surface area contributed by atoms with E-state index in [1.54, 1.807) is 0 Å². The zero-order valence-electron chi connectivity index (χ0n) is 22.8. The lowest BCUT2D eigenvalue weighted by atomic mass is 9.97. The third kappa shape index (κ3) is 15.8. The van der Waals surface area contributed by atoms with E-state index in [2.05, 4.69) is 19.1 Å². The molecule has 204 valence electrons. The summed E-state index contributed by atoms with van der Waals surface area (Å²) in [6.45, 7) is 3.68. The number of aliphatic hydroxyl groups excluding tert-OH is 1. The molecule has 2 unspecified atom stereocenters. The second kappa shape index (κ2) is 22.1. The molecule has 5 nitrogen and oxygen atoms in total. The number of esters is 2. The van der Waals surface area contributed by atoms with Gasteiger partial charge >= 0.3 is 11.9 Å². The van der Waals surface area contributed by atoms with Gasteiger partial charge in [-0.1, -0.05) is 108 Å². The second-order valence-corrected chi connectivity index (χ2v) is 9.63. The highest BCUT2D eigenvalue weighted by molar-refractivity contribution is 5.78. The highest BCUT2D eigenvalue weighted by atomic mass is 16.6. The molecule has 1 aromatic carbocycles. The predicted octanol–water partition coefficient (Wildman–Crippen LogP) is 7.67. The number of unbranched alkanes of at least 4 members (excludes halogenated alkanes) is 11. The van der Waals surface area contributed by atoms with Crippen LogP contribution in [0.2, 0.25) is 0 Å². The Hall–Kier alpha value is -2.14. The molecule has 0 saturated carbocycles. The monoisotopic (exact) mass is 502 g/mol. The number of aliphatic hydroxyl groups is 1. The van der Waals surface area contributed by atoms with Gasteiger partial charge in [-0.2, -0.15) is 0 Å². The molecule has 0 radical (unpaired) electrons. The molecule has 1 rings (SSSR count). The topological polar surface area (TPSA) is 72.8 Å². The van der Waals surface area contributed by atoms with Gasteiger partial charge in [-0.25, -0.2) is 0 Å². The first-order valence-electron chi connectivity index (χ1n) is 14.3. The Balaban J connectivity index is 2.06. The fourth-order valence-corrected chi connectivity index (χ4v) is 4.19. The zero-order valence-corrected chi connectivity index (χ0v) is 22.8. The average molecular weight is 503 g/mol. The lowest BCUT2D eigenvalue weighted by molar-refractivity contribution is -0.162. The average Bonchev–Trinajstić information content (AvgIpc) is 2.89. The lowest BCUT2D eigenvalue weighted by Crippen LogP contribution is -2.30. The second-order valence-electron chi connectivity index (χ2n) is 9.63. The lowest BCUT2D eigenvalue weighted by Gasteiger charge is -2.20. The zero-order chi connectivity index (χ0) is 26.3. The van der Waals surface area contributed by atoms with Crippen LogP contribution in [-0.2, 0) is 19.1 Å². The number of carbonyl (C=O) groups excluding carboxylic acids is 2. The van der Waals surface area contributed by atoms with Crippen LogP contribution in [0, 0.1) is 0 Å². The van der Waals surface area contributed by atoms with E-state index in [1.165, 1.54) is 57.8 Å². The SMILES string of the molecule is CCCCCCCC/C=C\CCCCCCCC(=O)OCC(CO)OC(=O)C(CC)c1ccccc1. The van der Waals surface area contributed by atoms with E-state index in [-0.39, 0.29) is 19.2 Å². The van der Waals surface area contributed by atoms with Gasteiger partial charge in [0.1, 0.15) is 6.61 Å². The Bertz CT molecular complexity index is 700. The van der Waals surface area contributed by atoms with Gasteiger partial charge in [0, 0.05) is 6.42 Å². The summed E-state index contributed by atoms with van der Waals surface area (Å²) < 4.78 is 10.7. The quantitative estimate of drug-likeness (QED) is 0.100. The van der Waals surface area contributed by atoms with Crippen LogP contribution in [0.15, 0.2) is 42.5 Å². The van der Waals surface area contributed by atoms with Crippen molar-refractivity contribution >= 4 is 11.9 Å². The smallest absolute Gasteiger partial charge is 0.313 e. The molecule has 0 aromatic heterocycles. The minimum atomic E-state index is -0.840. The predicted molar refractivity (Wildman–Crippen MR) is 147 cm³/mol. The van der Waals surface area contributed by atoms with Gasteiger partial charge in [-0.15, -0.1) is 0 Å². The van der Waals surface area contributed by atoms with E-state index in [4.69, 9.17) is 9.47 Å². The number of benzene rings is 1. The Kier molecular flexibility index (Phi) is 19.6. The van der Waals surface area contributed by atoms with E-state index in [1.807, 2.05) is 37.3 Å². The highest BCUT2D eigenvalue weighted by Crippen LogP contribution is 2.21. The third-order valence-corrected chi connectivity index (χ3v) is 6.45. The van der Waals surface area contributed by atoms with Gasteiger partial charge in [0.05, 0.1) is 12.5 Å². The van der Waals surface area contributed by atoms with Crippen molar-refractivity contribution in [3.8, 4) is 0 Å². The number of allylic oxidation sites excluding steroid dienone is 2. The summed E-state index contributed by atoms with van der Waals surface area (Å²) in [5.74, 6) is -1.11. The maximum absolute atomic E-state index is 12.5. The maximum Gasteiger partial charge on any atom is 0.313 e. The summed E-state index contributed by atoms with van der Waals surface area (Å²) in [6.07, 6.45) is 20.5. The van der Waals surface area contributed by atoms with Crippen LogP contribution in [0.1, 0.15) is 122 Å². The van der Waals surface area contributed by atoms with Crippen molar-refractivity contribution in [3.63, 3.8) is 0 Å². The first-order chi connectivity index (χ1) is 17.6. The first kappa shape index (κ1) is 31.9. The molecular formula is C31H50O5. The molecule has 0 aliphatic carbocycles. The Labute approximate surface area is 219 Å². The van der Waals surface area contributed by atoms with E-state index in [9.17, 15) is 14.7 Å². The molecule has 0 aliphatic rings. The summed E-state index contributed by atoms with van der Waals surface area (Å²) in [7, 11) is 0. The van der Waals surface area contributed by atoms with Gasteiger partial charge in [0.15, 0.2) is 6.10 Å². The Morgan fingerprint density at radius 1 is 0.833 bits per heavy atom. The van der Waals surface area contributed by atoms with E-state index >= 15 is 0 Å². The molecule has 1 aromatic rings. The maximum atomic E-state index is 12.5. The normalized spacial score (nSPS) is 13.0. The summed E-state index contributed by atoms with van der Waals surface area (Å²) in [4.78, 5) is 24.6. The minimum Gasteiger partial charge on any atom is -0.462 e. The summed E-state index contributed by atoms with van der Waals surface area (Å²) >= 11 is 0. The molecule has 0 amide bonds. The summed E-state index contributed by atoms with van der Waals surface area (Å²) in [5, 5.41) is 9.56. The number of carbonyl (C=O) groups is 2. The molecule has 0 fully saturated rings. The van der Waals surface area contributed by atoms with Crippen molar-refractivity contribution in [1.82, 2.24) is 0 Å². The van der Waals surface area contributed by atoms with Crippen LogP contribution in [0.5, 0.6) is 0 Å². The van der Waals surface area contributed by atoms with Crippen LogP contribution < -0.4 is 0 Å². The fourth-order valence-electron chi connectivity index (χ4n) is 4.19. The molecule has 36 heavy (non-hydrogen) atoms. The van der Waals surface area contributed by atoms with Gasteiger partial charge in [0.2, 0.25) is 0 Å². The standard InChI is InChI=1S/C31H50O5/c1-3-5-6-7-8-9-10-11-12-13-14-15-16-17-21-24-30(33)35-26-28(25-32)36-31(34)29(4-2)27-22-19-18-20-23-27/h11-12,18-20,22-23,28-29,32H,3-10,13-17,21,24-26H2,1-2H3/b12-11-. The van der Waals surface area contributed by atoms with Crippen LogP contribution in [-0.4, -0.2) is 36.4 Å². The van der Waals surface area contributed by atoms with E-state index < -0.39 is 18.0 Å². The Morgan fingerprint density at radius 2 is 1.42 bits per heavy atom. The first-order valence-corrected chi connectivity index (χ1v) is 14.3. The van der Waals surface area contributed by atoms with Crippen LogP contribution in [0.3, 0.4) is 0 Å². The van der Waals surface area contributed by atoms with Crippen molar-refractivity contribution in [3.05, 3.63) is 48.0 Å². The fraction of sp³-hybridized carbons (Fsp3) is 0.677. The van der Waals surface area contributed by atoms with Gasteiger partial charge in [-0.05, 0) is 44.1 Å². The Morgan fingerprint density at radius 3 is 2.00 bits per heavy atom. The number of ether oxygens (including phenoxy) is 2. The number of hydrogen-bond donors (Lipinski definition) is 1. The molecule has 0 spiro atoms. The molecule has 0 heterocycles. The van der Waals surface area contributed by atoms with Crippen LogP contribution >= 0.6 is 0 Å². The molecule has 0 bridgehead atoms. The summed E-state index contributed by atoms with van der Waals surface area (Å²) in [6, 6.07) is 9.43. The van der Waals surface area contributed by atoms with Crippen molar-refractivity contribution in [1.29, 1.82) is 0 Å². The number of rotatable bonds is 22. The van der Waals surface area contributed by atoms with Gasteiger partial charge < -0.3 is 14.6 Å². The molecular weight excluding hydrogens is 452 g/mol. The van der Waals surface area contributed by atoms with Crippen molar-refractivity contribution in [2.45, 2.75) is 122 Å². The largest absolute Gasteiger partial charge is 0.462 e. The summed E-state index contributed by atoms with van der Waals surface area (Å²) in [5.41, 5.74) is 0.878. The minimum absolute atomic E-state index is 0.114. The molecule has 5 heteroatoms. The van der Waals surface area contributed by atoms with Crippen LogP contribution in [0.4, 0.5) is 0 Å². The molecule has 0 saturated heterocycles. The third-order valence-electron chi connectivity index (χ3n) is 6.45. The van der Waals surface area contributed by atoms with Crippen molar-refractivity contribution in [2.75, 3.05) is 13.2 Å². The molecule has 1 N–H and O–H groups in total. The van der Waals surface area contributed by atoms with E-state index in [0.29, 0.717) is 12.8 Å². The number of hydrogen-bond acceptors (Lipinski definition) is 5. The van der Waals surface area contributed by atoms with E-state index in [0.717, 1.165) is 31.2 Å².